The van der Waals surface area contributed by atoms with Crippen molar-refractivity contribution in [1.29, 1.82) is 0 Å². The Morgan fingerprint density at radius 2 is 0.952 bits per heavy atom. The zero-order chi connectivity index (χ0) is 30.9. The standard InChI is InChI=1S/C32H36N2O8/c1-31(2,39)27(35)25-12-8-21(9-13-25)19-41-29(37)33-17-23-6-5-7-24(16-23)18-34-30(38)42-20-22-10-14-26(15-11-22)28(36)32(3,4)40/h5-16,39-40H,17-20H2,1-4H3,(H,33,37)(H,34,38). The smallest absolute Gasteiger partial charge is 0.407 e. The van der Waals surface area contributed by atoms with Crippen LogP contribution in [0.25, 0.3) is 0 Å². The molecule has 10 heteroatoms. The van der Waals surface area contributed by atoms with E-state index in [0.29, 0.717) is 22.3 Å². The fraction of sp³-hybridized carbons (Fsp3) is 0.312. The molecular weight excluding hydrogens is 540 g/mol. The van der Waals surface area contributed by atoms with Crippen LogP contribution >= 0.6 is 0 Å². The summed E-state index contributed by atoms with van der Waals surface area (Å²) in [5.41, 5.74) is 0.783. The highest BCUT2D eigenvalue weighted by Crippen LogP contribution is 2.15. The summed E-state index contributed by atoms with van der Waals surface area (Å²) in [6.07, 6.45) is -1.23. The molecule has 42 heavy (non-hydrogen) atoms. The molecule has 0 atom stereocenters. The highest BCUT2D eigenvalue weighted by Gasteiger charge is 2.25. The van der Waals surface area contributed by atoms with E-state index in [1.54, 1.807) is 54.6 Å². The molecule has 222 valence electrons. The molecular formula is C32H36N2O8. The van der Waals surface area contributed by atoms with Crippen molar-refractivity contribution in [2.24, 2.45) is 0 Å². The van der Waals surface area contributed by atoms with Crippen molar-refractivity contribution in [2.45, 2.75) is 65.2 Å². The average Bonchev–Trinajstić information content (AvgIpc) is 2.96. The first-order chi connectivity index (χ1) is 19.7. The summed E-state index contributed by atoms with van der Waals surface area (Å²) in [7, 11) is 0. The van der Waals surface area contributed by atoms with Crippen LogP contribution in [0.5, 0.6) is 0 Å². The fourth-order valence-corrected chi connectivity index (χ4v) is 3.81. The summed E-state index contributed by atoms with van der Waals surface area (Å²) >= 11 is 0. The minimum atomic E-state index is -1.47. The van der Waals surface area contributed by atoms with Crippen molar-refractivity contribution in [3.63, 3.8) is 0 Å². The molecule has 0 heterocycles. The SMILES string of the molecule is CC(C)(O)C(=O)c1ccc(COC(=O)NCc2cccc(CNC(=O)OCc3ccc(C(=O)C(C)(C)O)cc3)c2)cc1. The first kappa shape index (κ1) is 32.0. The van der Waals surface area contributed by atoms with E-state index in [1.807, 2.05) is 18.2 Å². The first-order valence-corrected chi connectivity index (χ1v) is 13.3. The Balaban J connectivity index is 1.39. The monoisotopic (exact) mass is 576 g/mol. The molecule has 0 bridgehead atoms. The molecule has 0 radical (unpaired) electrons. The lowest BCUT2D eigenvalue weighted by Gasteiger charge is -2.15. The maximum absolute atomic E-state index is 12.2. The first-order valence-electron chi connectivity index (χ1n) is 13.3. The number of hydrogen-bond donors (Lipinski definition) is 4. The number of benzene rings is 3. The number of aliphatic hydroxyl groups is 2. The van der Waals surface area contributed by atoms with Gasteiger partial charge in [-0.25, -0.2) is 9.59 Å². The van der Waals surface area contributed by atoms with Crippen molar-refractivity contribution in [2.75, 3.05) is 0 Å². The van der Waals surface area contributed by atoms with Crippen LogP contribution in [0.1, 0.15) is 70.7 Å². The molecule has 0 aromatic heterocycles. The van der Waals surface area contributed by atoms with Gasteiger partial charge in [0, 0.05) is 24.2 Å². The van der Waals surface area contributed by atoms with Crippen molar-refractivity contribution in [1.82, 2.24) is 10.6 Å². The number of alkyl carbamates (subject to hydrolysis) is 2. The third kappa shape index (κ3) is 9.83. The van der Waals surface area contributed by atoms with E-state index in [9.17, 15) is 29.4 Å². The maximum Gasteiger partial charge on any atom is 0.407 e. The molecule has 0 aliphatic rings. The van der Waals surface area contributed by atoms with Crippen molar-refractivity contribution >= 4 is 23.8 Å². The summed E-state index contributed by atoms with van der Waals surface area (Å²) < 4.78 is 10.5. The number of amides is 2. The lowest BCUT2D eigenvalue weighted by molar-refractivity contribution is 0.0487. The van der Waals surface area contributed by atoms with Gasteiger partial charge < -0.3 is 30.3 Å². The van der Waals surface area contributed by atoms with Gasteiger partial charge in [0.25, 0.3) is 0 Å². The van der Waals surface area contributed by atoms with Gasteiger partial charge in [0.2, 0.25) is 0 Å². The Morgan fingerprint density at radius 3 is 1.29 bits per heavy atom. The third-order valence-corrected chi connectivity index (χ3v) is 6.15. The summed E-state index contributed by atoms with van der Waals surface area (Å²) in [6, 6.07) is 20.2. The van der Waals surface area contributed by atoms with Gasteiger partial charge >= 0.3 is 12.2 Å². The Morgan fingerprint density at radius 1 is 0.595 bits per heavy atom. The van der Waals surface area contributed by atoms with E-state index in [2.05, 4.69) is 10.6 Å². The lowest BCUT2D eigenvalue weighted by Crippen LogP contribution is -2.31. The van der Waals surface area contributed by atoms with Crippen LogP contribution < -0.4 is 10.6 Å². The molecule has 0 aliphatic heterocycles. The van der Waals surface area contributed by atoms with Crippen LogP contribution in [-0.4, -0.2) is 45.2 Å². The van der Waals surface area contributed by atoms with Crippen LogP contribution in [0.2, 0.25) is 0 Å². The fourth-order valence-electron chi connectivity index (χ4n) is 3.81. The van der Waals surface area contributed by atoms with Crippen LogP contribution in [-0.2, 0) is 35.8 Å². The number of carbonyl (C=O) groups is 4. The molecule has 0 saturated carbocycles. The van der Waals surface area contributed by atoms with E-state index >= 15 is 0 Å². The molecule has 0 spiro atoms. The van der Waals surface area contributed by atoms with Gasteiger partial charge in [0.05, 0.1) is 0 Å². The molecule has 2 amide bonds. The number of ether oxygens (including phenoxy) is 2. The van der Waals surface area contributed by atoms with E-state index < -0.39 is 35.0 Å². The van der Waals surface area contributed by atoms with Gasteiger partial charge in [-0.1, -0.05) is 72.8 Å². The number of Topliss-reactive ketones (excluding diaryl/α,β-unsaturated/α-hetero) is 2. The Hall–Kier alpha value is -4.54. The van der Waals surface area contributed by atoms with Gasteiger partial charge in [-0.15, -0.1) is 0 Å². The quantitative estimate of drug-likeness (QED) is 0.231. The van der Waals surface area contributed by atoms with Gasteiger partial charge in [-0.3, -0.25) is 9.59 Å². The molecule has 0 aliphatic carbocycles. The molecule has 0 saturated heterocycles. The zero-order valence-corrected chi connectivity index (χ0v) is 24.1. The Kier molecular flexibility index (Phi) is 10.6. The summed E-state index contributed by atoms with van der Waals surface area (Å²) in [5.74, 6) is -0.792. The topological polar surface area (TPSA) is 151 Å². The minimum absolute atomic E-state index is 0.0119. The van der Waals surface area contributed by atoms with E-state index in [4.69, 9.17) is 9.47 Å². The van der Waals surface area contributed by atoms with Gasteiger partial charge in [0.15, 0.2) is 11.6 Å². The number of nitrogens with one attached hydrogen (secondary N) is 2. The Labute approximate surface area is 244 Å². The summed E-state index contributed by atoms with van der Waals surface area (Å²) in [6.45, 7) is 6.14. The Bertz CT molecular complexity index is 1300. The van der Waals surface area contributed by atoms with Gasteiger partial charge in [-0.2, -0.15) is 0 Å². The van der Waals surface area contributed by atoms with Crippen molar-refractivity contribution in [3.05, 3.63) is 106 Å². The molecule has 10 nitrogen and oxygen atoms in total. The zero-order valence-electron chi connectivity index (χ0n) is 24.1. The van der Waals surface area contributed by atoms with Crippen LogP contribution in [0.15, 0.2) is 72.8 Å². The predicted octanol–water partition coefficient (Wildman–Crippen LogP) is 4.45. The van der Waals surface area contributed by atoms with Crippen LogP contribution in [0, 0.1) is 0 Å². The number of hydrogen-bond acceptors (Lipinski definition) is 8. The van der Waals surface area contributed by atoms with E-state index in [1.165, 1.54) is 27.7 Å². The van der Waals surface area contributed by atoms with E-state index in [0.717, 1.165) is 11.1 Å². The summed E-state index contributed by atoms with van der Waals surface area (Å²) in [4.78, 5) is 48.5. The third-order valence-electron chi connectivity index (χ3n) is 6.15. The molecule has 0 unspecified atom stereocenters. The maximum atomic E-state index is 12.2. The minimum Gasteiger partial charge on any atom is -0.445 e. The second-order valence-corrected chi connectivity index (χ2v) is 10.8. The largest absolute Gasteiger partial charge is 0.445 e. The molecule has 4 N–H and O–H groups in total. The average molecular weight is 577 g/mol. The molecule has 3 aromatic carbocycles. The number of carbonyl (C=O) groups excluding carboxylic acids is 4. The predicted molar refractivity (Wildman–Crippen MR) is 155 cm³/mol. The highest BCUT2D eigenvalue weighted by molar-refractivity contribution is 6.02. The second kappa shape index (κ2) is 13.9. The normalized spacial score (nSPS) is 11.4. The van der Waals surface area contributed by atoms with E-state index in [-0.39, 0.29) is 26.3 Å². The van der Waals surface area contributed by atoms with Crippen LogP contribution in [0.4, 0.5) is 9.59 Å². The highest BCUT2D eigenvalue weighted by atomic mass is 16.6. The van der Waals surface area contributed by atoms with Crippen LogP contribution in [0.3, 0.4) is 0 Å². The second-order valence-electron chi connectivity index (χ2n) is 10.8. The number of ketones is 2. The number of rotatable bonds is 12. The van der Waals surface area contributed by atoms with Gasteiger partial charge in [-0.05, 0) is 49.9 Å². The summed E-state index contributed by atoms with van der Waals surface area (Å²) in [5, 5.41) is 25.0. The van der Waals surface area contributed by atoms with Gasteiger partial charge in [0.1, 0.15) is 24.4 Å². The molecule has 0 fully saturated rings. The molecule has 3 rings (SSSR count). The molecule has 3 aromatic rings. The van der Waals surface area contributed by atoms with Crippen molar-refractivity contribution < 1.29 is 38.9 Å². The lowest BCUT2D eigenvalue weighted by atomic mass is 9.96. The van der Waals surface area contributed by atoms with Crippen molar-refractivity contribution in [3.8, 4) is 0 Å².